The van der Waals surface area contributed by atoms with E-state index in [1.165, 1.54) is 6.07 Å². The minimum absolute atomic E-state index is 0.123. The number of hydrogen-bond acceptors (Lipinski definition) is 6. The lowest BCUT2D eigenvalue weighted by molar-refractivity contribution is 0.0219. The minimum atomic E-state index is -4.60. The molecule has 12 heteroatoms. The van der Waals surface area contributed by atoms with E-state index in [-0.39, 0.29) is 11.6 Å². The fourth-order valence-corrected chi connectivity index (χ4v) is 5.19. The van der Waals surface area contributed by atoms with Gasteiger partial charge in [-0.15, -0.1) is 0 Å². The standard InChI is InChI=1S/C23H25F4N5O2S/c1-2-23(26,27)13-35(33,34)32-19-8-6-17(20(24)21(19)25)14-5-7-18-15(10-14)11-29-22(31-18)30-16-4-3-9-28-12-16/h5-8,10-11,16,28,32H,2-4,9,12-13H2,1H3,(H,29,30,31). The first kappa shape index (κ1) is 25.1. The summed E-state index contributed by atoms with van der Waals surface area (Å²) in [6.07, 6.45) is 2.94. The van der Waals surface area contributed by atoms with E-state index >= 15 is 0 Å². The Hall–Kier alpha value is -2.99. The van der Waals surface area contributed by atoms with Gasteiger partial charge in [0.25, 0.3) is 5.92 Å². The third kappa shape index (κ3) is 5.99. The molecule has 7 nitrogen and oxygen atoms in total. The van der Waals surface area contributed by atoms with Crippen LogP contribution in [0.15, 0.2) is 36.5 Å². The molecule has 0 saturated carbocycles. The Morgan fingerprint density at radius 2 is 1.97 bits per heavy atom. The van der Waals surface area contributed by atoms with E-state index in [9.17, 15) is 26.0 Å². The van der Waals surface area contributed by atoms with Gasteiger partial charge in [-0.05, 0) is 49.2 Å². The molecule has 2 heterocycles. The van der Waals surface area contributed by atoms with E-state index in [1.54, 1.807) is 29.1 Å². The molecule has 1 aromatic heterocycles. The van der Waals surface area contributed by atoms with Crippen molar-refractivity contribution in [1.82, 2.24) is 15.3 Å². The average molecular weight is 512 g/mol. The van der Waals surface area contributed by atoms with E-state index in [2.05, 4.69) is 20.6 Å². The maximum atomic E-state index is 14.8. The van der Waals surface area contributed by atoms with Crippen LogP contribution in [-0.2, 0) is 10.0 Å². The van der Waals surface area contributed by atoms with Crippen LogP contribution < -0.4 is 15.4 Å². The second-order valence-electron chi connectivity index (χ2n) is 8.51. The van der Waals surface area contributed by atoms with E-state index < -0.39 is 45.4 Å². The van der Waals surface area contributed by atoms with Gasteiger partial charge in [0.05, 0.1) is 11.2 Å². The summed E-state index contributed by atoms with van der Waals surface area (Å²) in [4.78, 5) is 8.79. The van der Waals surface area contributed by atoms with Crippen molar-refractivity contribution < 1.29 is 26.0 Å². The van der Waals surface area contributed by atoms with Crippen molar-refractivity contribution in [1.29, 1.82) is 0 Å². The molecule has 1 fully saturated rings. The molecule has 4 rings (SSSR count). The third-order valence-corrected chi connectivity index (χ3v) is 7.12. The monoisotopic (exact) mass is 511 g/mol. The average Bonchev–Trinajstić information content (AvgIpc) is 2.82. The maximum Gasteiger partial charge on any atom is 0.263 e. The number of fused-ring (bicyclic) bond motifs is 1. The summed E-state index contributed by atoms with van der Waals surface area (Å²) in [6.45, 7) is 2.93. The van der Waals surface area contributed by atoms with Crippen molar-refractivity contribution in [3.05, 3.63) is 48.2 Å². The summed E-state index contributed by atoms with van der Waals surface area (Å²) >= 11 is 0. The van der Waals surface area contributed by atoms with Gasteiger partial charge in [0.2, 0.25) is 16.0 Å². The molecule has 1 aliphatic rings. The van der Waals surface area contributed by atoms with Crippen LogP contribution in [0.1, 0.15) is 26.2 Å². The number of hydrogen-bond donors (Lipinski definition) is 3. The van der Waals surface area contributed by atoms with Crippen molar-refractivity contribution >= 4 is 32.6 Å². The predicted molar refractivity (Wildman–Crippen MR) is 127 cm³/mol. The number of benzene rings is 2. The second-order valence-corrected chi connectivity index (χ2v) is 10.2. The summed E-state index contributed by atoms with van der Waals surface area (Å²) in [5.74, 6) is -7.34. The van der Waals surface area contributed by atoms with Crippen molar-refractivity contribution in [3.63, 3.8) is 0 Å². The summed E-state index contributed by atoms with van der Waals surface area (Å²) in [7, 11) is -4.60. The summed E-state index contributed by atoms with van der Waals surface area (Å²) in [5, 5.41) is 7.18. The highest BCUT2D eigenvalue weighted by atomic mass is 32.2. The molecule has 1 atom stereocenters. The van der Waals surface area contributed by atoms with Gasteiger partial charge in [-0.25, -0.2) is 35.9 Å². The van der Waals surface area contributed by atoms with Crippen molar-refractivity contribution in [3.8, 4) is 11.1 Å². The Labute approximate surface area is 200 Å². The SMILES string of the molecule is CCC(F)(F)CS(=O)(=O)Nc1ccc(-c2ccc3nc(NC4CCCNC4)ncc3c2)c(F)c1F. The fraction of sp³-hybridized carbons (Fsp3) is 0.391. The number of halogens is 4. The molecule has 0 radical (unpaired) electrons. The predicted octanol–water partition coefficient (Wildman–Crippen LogP) is 4.53. The second kappa shape index (κ2) is 9.94. The zero-order valence-electron chi connectivity index (χ0n) is 18.9. The van der Waals surface area contributed by atoms with Crippen molar-refractivity contribution in [2.24, 2.45) is 0 Å². The molecule has 0 spiro atoms. The lowest BCUT2D eigenvalue weighted by atomic mass is 10.0. The Kier molecular flexibility index (Phi) is 7.13. The largest absolute Gasteiger partial charge is 0.350 e. The molecular formula is C23H25F4N5O2S. The molecule has 188 valence electrons. The highest BCUT2D eigenvalue weighted by Crippen LogP contribution is 2.31. The fourth-order valence-electron chi connectivity index (χ4n) is 3.86. The first-order valence-electron chi connectivity index (χ1n) is 11.2. The molecule has 2 aromatic carbocycles. The molecule has 3 aromatic rings. The van der Waals surface area contributed by atoms with E-state index in [1.807, 2.05) is 0 Å². The van der Waals surface area contributed by atoms with Gasteiger partial charge in [-0.2, -0.15) is 0 Å². The molecule has 3 N–H and O–H groups in total. The Bertz CT molecular complexity index is 1330. The molecule has 0 aliphatic carbocycles. The van der Waals surface area contributed by atoms with Crippen molar-refractivity contribution in [2.75, 3.05) is 28.9 Å². The molecule has 0 amide bonds. The van der Waals surface area contributed by atoms with Crippen LogP contribution in [0.4, 0.5) is 29.2 Å². The number of piperidine rings is 1. The van der Waals surface area contributed by atoms with Gasteiger partial charge in [0.1, 0.15) is 5.75 Å². The lowest BCUT2D eigenvalue weighted by Crippen LogP contribution is -2.38. The topological polar surface area (TPSA) is 96.0 Å². The van der Waals surface area contributed by atoms with E-state index in [4.69, 9.17) is 0 Å². The first-order chi connectivity index (χ1) is 16.6. The number of alkyl halides is 2. The smallest absolute Gasteiger partial charge is 0.263 e. The zero-order chi connectivity index (χ0) is 25.2. The Balaban J connectivity index is 1.56. The molecule has 0 bridgehead atoms. The number of rotatable bonds is 8. The van der Waals surface area contributed by atoms with E-state index in [0.717, 1.165) is 38.9 Å². The van der Waals surface area contributed by atoms with Gasteiger partial charge < -0.3 is 10.6 Å². The number of sulfonamides is 1. The van der Waals surface area contributed by atoms with Crippen LogP contribution in [0.25, 0.3) is 22.0 Å². The van der Waals surface area contributed by atoms with Gasteiger partial charge in [-0.1, -0.05) is 13.0 Å². The Morgan fingerprint density at radius 3 is 2.69 bits per heavy atom. The third-order valence-electron chi connectivity index (χ3n) is 5.79. The summed E-state index contributed by atoms with van der Waals surface area (Å²) in [5.41, 5.74) is 0.0654. The minimum Gasteiger partial charge on any atom is -0.350 e. The van der Waals surface area contributed by atoms with Crippen LogP contribution in [0.3, 0.4) is 0 Å². The maximum absolute atomic E-state index is 14.8. The molecular weight excluding hydrogens is 486 g/mol. The quantitative estimate of drug-likeness (QED) is 0.385. The zero-order valence-corrected chi connectivity index (χ0v) is 19.7. The normalized spacial score (nSPS) is 16.9. The van der Waals surface area contributed by atoms with Crippen LogP contribution in [0, 0.1) is 11.6 Å². The van der Waals surface area contributed by atoms with Gasteiger partial charge in [0.15, 0.2) is 11.6 Å². The highest BCUT2D eigenvalue weighted by molar-refractivity contribution is 7.92. The van der Waals surface area contributed by atoms with Crippen LogP contribution in [0.2, 0.25) is 0 Å². The summed E-state index contributed by atoms with van der Waals surface area (Å²) in [6, 6.07) is 7.21. The van der Waals surface area contributed by atoms with Crippen LogP contribution in [0.5, 0.6) is 0 Å². The highest BCUT2D eigenvalue weighted by Gasteiger charge is 2.34. The number of aromatic nitrogens is 2. The van der Waals surface area contributed by atoms with Gasteiger partial charge in [0, 0.05) is 36.2 Å². The molecule has 1 aliphatic heterocycles. The number of nitrogens with one attached hydrogen (secondary N) is 3. The number of anilines is 2. The van der Waals surface area contributed by atoms with E-state index in [0.29, 0.717) is 22.4 Å². The van der Waals surface area contributed by atoms with Gasteiger partial charge >= 0.3 is 0 Å². The van der Waals surface area contributed by atoms with Gasteiger partial charge in [-0.3, -0.25) is 4.72 Å². The van der Waals surface area contributed by atoms with Crippen LogP contribution in [-0.4, -0.2) is 49.2 Å². The Morgan fingerprint density at radius 1 is 1.17 bits per heavy atom. The molecule has 1 unspecified atom stereocenters. The molecule has 1 saturated heterocycles. The van der Waals surface area contributed by atoms with Crippen molar-refractivity contribution in [2.45, 2.75) is 38.2 Å². The molecule has 35 heavy (non-hydrogen) atoms. The number of nitrogens with zero attached hydrogens (tertiary/aromatic N) is 2. The van der Waals surface area contributed by atoms with Crippen LogP contribution >= 0.6 is 0 Å². The first-order valence-corrected chi connectivity index (χ1v) is 12.8. The lowest BCUT2D eigenvalue weighted by Gasteiger charge is -2.23. The summed E-state index contributed by atoms with van der Waals surface area (Å²) < 4.78 is 82.2.